The fraction of sp³-hybridized carbons (Fsp3) is 0.533. The zero-order valence-electron chi connectivity index (χ0n) is 11.4. The second-order valence-corrected chi connectivity index (χ2v) is 5.24. The minimum atomic E-state index is -0.254. The van der Waals surface area contributed by atoms with E-state index in [0.717, 1.165) is 18.4 Å². The molecular weight excluding hydrogens is 245 g/mol. The van der Waals surface area contributed by atoms with Gasteiger partial charge in [-0.2, -0.15) is 0 Å². The van der Waals surface area contributed by atoms with E-state index in [1.54, 1.807) is 12.1 Å². The highest BCUT2D eigenvalue weighted by Crippen LogP contribution is 2.28. The molecule has 0 radical (unpaired) electrons. The first kappa shape index (κ1) is 14.0. The number of hydrogen-bond acceptors (Lipinski definition) is 2. The molecule has 1 aliphatic rings. The summed E-state index contributed by atoms with van der Waals surface area (Å²) < 4.78 is 18.2. The van der Waals surface area contributed by atoms with Crippen LogP contribution in [0, 0.1) is 5.82 Å². The Morgan fingerprint density at radius 3 is 2.53 bits per heavy atom. The number of amides is 1. The van der Waals surface area contributed by atoms with Crippen LogP contribution >= 0.6 is 0 Å². The van der Waals surface area contributed by atoms with Gasteiger partial charge in [-0.15, -0.1) is 0 Å². The highest BCUT2D eigenvalue weighted by molar-refractivity contribution is 5.78. The predicted molar refractivity (Wildman–Crippen MR) is 71.1 cm³/mol. The summed E-state index contributed by atoms with van der Waals surface area (Å²) in [5.41, 5.74) is 0.950. The molecule has 0 aromatic heterocycles. The lowest BCUT2D eigenvalue weighted by atomic mass is 10.2. The molecular formula is C15H20FNO2. The van der Waals surface area contributed by atoms with Gasteiger partial charge in [0.2, 0.25) is 5.91 Å². The molecule has 0 saturated heterocycles. The molecule has 1 aromatic carbocycles. The molecule has 0 unspecified atom stereocenters. The van der Waals surface area contributed by atoms with Gasteiger partial charge < -0.3 is 9.64 Å². The third kappa shape index (κ3) is 4.31. The van der Waals surface area contributed by atoms with Crippen LogP contribution in [0.1, 0.15) is 32.3 Å². The summed E-state index contributed by atoms with van der Waals surface area (Å²) >= 11 is 0. The Bertz CT molecular complexity index is 426. The van der Waals surface area contributed by atoms with E-state index in [2.05, 4.69) is 0 Å². The maximum absolute atomic E-state index is 12.9. The summed E-state index contributed by atoms with van der Waals surface area (Å²) in [6, 6.07) is 6.63. The first-order valence-electron chi connectivity index (χ1n) is 6.72. The minimum Gasteiger partial charge on any atom is -0.369 e. The van der Waals surface area contributed by atoms with Crippen LogP contribution in [0.15, 0.2) is 24.3 Å². The number of halogens is 1. The van der Waals surface area contributed by atoms with E-state index in [-0.39, 0.29) is 24.4 Å². The smallest absolute Gasteiger partial charge is 0.249 e. The van der Waals surface area contributed by atoms with E-state index in [9.17, 15) is 9.18 Å². The molecule has 1 amide bonds. The Kier molecular flexibility index (Phi) is 4.53. The van der Waals surface area contributed by atoms with Crippen molar-refractivity contribution in [3.63, 3.8) is 0 Å². The third-order valence-electron chi connectivity index (χ3n) is 3.11. The van der Waals surface area contributed by atoms with E-state index in [4.69, 9.17) is 4.74 Å². The number of ether oxygens (including phenoxy) is 1. The monoisotopic (exact) mass is 265 g/mol. The fourth-order valence-electron chi connectivity index (χ4n) is 1.91. The van der Waals surface area contributed by atoms with Gasteiger partial charge in [0.05, 0.1) is 6.10 Å². The standard InChI is InChI=1S/C15H20FNO2/c1-11(2)19-10-15(18)17(14-7-8-14)9-12-3-5-13(16)6-4-12/h3-6,11,14H,7-10H2,1-2H3. The Labute approximate surface area is 113 Å². The van der Waals surface area contributed by atoms with Crippen LogP contribution in [-0.4, -0.2) is 29.6 Å². The molecule has 1 aromatic rings. The van der Waals surface area contributed by atoms with Gasteiger partial charge in [-0.1, -0.05) is 12.1 Å². The van der Waals surface area contributed by atoms with Gasteiger partial charge in [0.15, 0.2) is 0 Å². The second kappa shape index (κ2) is 6.15. The lowest BCUT2D eigenvalue weighted by Gasteiger charge is -2.23. The Hall–Kier alpha value is -1.42. The SMILES string of the molecule is CC(C)OCC(=O)N(Cc1ccc(F)cc1)C1CC1. The molecule has 3 nitrogen and oxygen atoms in total. The average Bonchev–Trinajstić information content (AvgIpc) is 3.19. The topological polar surface area (TPSA) is 29.5 Å². The summed E-state index contributed by atoms with van der Waals surface area (Å²) in [7, 11) is 0. The van der Waals surface area contributed by atoms with E-state index in [0.29, 0.717) is 12.6 Å². The Morgan fingerprint density at radius 1 is 1.37 bits per heavy atom. The molecule has 0 aliphatic heterocycles. The molecule has 0 bridgehead atoms. The lowest BCUT2D eigenvalue weighted by Crippen LogP contribution is -2.36. The highest BCUT2D eigenvalue weighted by Gasteiger charge is 2.32. The van der Waals surface area contributed by atoms with E-state index in [1.165, 1.54) is 12.1 Å². The van der Waals surface area contributed by atoms with Gasteiger partial charge in [-0.25, -0.2) is 4.39 Å². The summed E-state index contributed by atoms with van der Waals surface area (Å²) in [6.07, 6.45) is 2.15. The molecule has 1 aliphatic carbocycles. The number of carbonyl (C=O) groups is 1. The summed E-state index contributed by atoms with van der Waals surface area (Å²) in [5.74, 6) is -0.239. The zero-order valence-corrected chi connectivity index (χ0v) is 11.4. The van der Waals surface area contributed by atoms with Crippen molar-refractivity contribution in [2.24, 2.45) is 0 Å². The van der Waals surface area contributed by atoms with Gasteiger partial charge in [0.25, 0.3) is 0 Å². The van der Waals surface area contributed by atoms with E-state index in [1.807, 2.05) is 18.7 Å². The zero-order chi connectivity index (χ0) is 13.8. The molecule has 1 fully saturated rings. The van der Waals surface area contributed by atoms with Gasteiger partial charge in [-0.3, -0.25) is 4.79 Å². The summed E-state index contributed by atoms with van der Waals surface area (Å²) in [6.45, 7) is 4.48. The van der Waals surface area contributed by atoms with Crippen molar-refractivity contribution < 1.29 is 13.9 Å². The third-order valence-corrected chi connectivity index (χ3v) is 3.11. The van der Waals surface area contributed by atoms with Gasteiger partial charge in [-0.05, 0) is 44.4 Å². The molecule has 104 valence electrons. The van der Waals surface area contributed by atoms with Gasteiger partial charge >= 0.3 is 0 Å². The maximum Gasteiger partial charge on any atom is 0.249 e. The van der Waals surface area contributed by atoms with Crippen LogP contribution in [0.25, 0.3) is 0 Å². The largest absolute Gasteiger partial charge is 0.369 e. The summed E-state index contributed by atoms with van der Waals surface area (Å²) in [5, 5.41) is 0. The first-order valence-corrected chi connectivity index (χ1v) is 6.72. The maximum atomic E-state index is 12.9. The molecule has 0 N–H and O–H groups in total. The molecule has 2 rings (SSSR count). The number of hydrogen-bond donors (Lipinski definition) is 0. The second-order valence-electron chi connectivity index (χ2n) is 5.24. The van der Waals surface area contributed by atoms with Crippen LogP contribution in [-0.2, 0) is 16.1 Å². The summed E-state index contributed by atoms with van der Waals surface area (Å²) in [4.78, 5) is 14.0. The van der Waals surface area contributed by atoms with Crippen molar-refractivity contribution in [3.05, 3.63) is 35.6 Å². The lowest BCUT2D eigenvalue weighted by molar-refractivity contribution is -0.138. The van der Waals surface area contributed by atoms with Crippen LogP contribution in [0.5, 0.6) is 0 Å². The van der Waals surface area contributed by atoms with E-state index < -0.39 is 0 Å². The first-order chi connectivity index (χ1) is 9.06. The number of carbonyl (C=O) groups excluding carboxylic acids is 1. The van der Waals surface area contributed by atoms with Crippen LogP contribution in [0.4, 0.5) is 4.39 Å². The fourth-order valence-corrected chi connectivity index (χ4v) is 1.91. The van der Waals surface area contributed by atoms with Crippen molar-refractivity contribution in [2.45, 2.75) is 45.4 Å². The van der Waals surface area contributed by atoms with Crippen LogP contribution < -0.4 is 0 Å². The van der Waals surface area contributed by atoms with Crippen molar-refractivity contribution in [1.29, 1.82) is 0 Å². The Balaban J connectivity index is 1.96. The Morgan fingerprint density at radius 2 is 2.00 bits per heavy atom. The average molecular weight is 265 g/mol. The van der Waals surface area contributed by atoms with Crippen LogP contribution in [0.3, 0.4) is 0 Å². The van der Waals surface area contributed by atoms with Crippen molar-refractivity contribution in [3.8, 4) is 0 Å². The minimum absolute atomic E-state index is 0.0144. The normalized spacial score (nSPS) is 14.7. The van der Waals surface area contributed by atoms with Crippen LogP contribution in [0.2, 0.25) is 0 Å². The molecule has 0 spiro atoms. The van der Waals surface area contributed by atoms with Crippen molar-refractivity contribution in [2.75, 3.05) is 6.61 Å². The quantitative estimate of drug-likeness (QED) is 0.791. The number of nitrogens with zero attached hydrogens (tertiary/aromatic N) is 1. The van der Waals surface area contributed by atoms with Gasteiger partial charge in [0.1, 0.15) is 12.4 Å². The molecule has 0 atom stereocenters. The van der Waals surface area contributed by atoms with Crippen molar-refractivity contribution >= 4 is 5.91 Å². The van der Waals surface area contributed by atoms with Gasteiger partial charge in [0, 0.05) is 12.6 Å². The molecule has 4 heteroatoms. The van der Waals surface area contributed by atoms with E-state index >= 15 is 0 Å². The molecule has 1 saturated carbocycles. The molecule has 0 heterocycles. The highest BCUT2D eigenvalue weighted by atomic mass is 19.1. The number of rotatable bonds is 6. The number of benzene rings is 1. The van der Waals surface area contributed by atoms with Crippen molar-refractivity contribution in [1.82, 2.24) is 4.90 Å². The molecule has 19 heavy (non-hydrogen) atoms. The predicted octanol–water partition coefficient (Wildman–Crippen LogP) is 2.74.